The van der Waals surface area contributed by atoms with E-state index >= 15 is 0 Å². The van der Waals surface area contributed by atoms with Gasteiger partial charge in [0.15, 0.2) is 5.76 Å². The number of aromatic nitrogens is 1. The van der Waals surface area contributed by atoms with Crippen LogP contribution in [0.3, 0.4) is 0 Å². The predicted octanol–water partition coefficient (Wildman–Crippen LogP) is 4.42. The highest BCUT2D eigenvalue weighted by atomic mass is 19.1. The van der Waals surface area contributed by atoms with Crippen LogP contribution in [0.2, 0.25) is 0 Å². The third-order valence-electron chi connectivity index (χ3n) is 3.96. The number of carbonyl (C=O) groups excluding carboxylic acids is 1. The molecule has 2 aromatic carbocycles. The number of halogens is 1. The van der Waals surface area contributed by atoms with Crippen molar-refractivity contribution < 1.29 is 18.7 Å². The van der Waals surface area contributed by atoms with Crippen LogP contribution < -0.4 is 9.47 Å². The van der Waals surface area contributed by atoms with E-state index in [4.69, 9.17) is 9.47 Å². The minimum Gasteiger partial charge on any atom is -0.489 e. The first kappa shape index (κ1) is 16.0. The molecule has 1 aliphatic heterocycles. The summed E-state index contributed by atoms with van der Waals surface area (Å²) in [6.07, 6.45) is 4.99. The number of hydrogen-bond acceptors (Lipinski definition) is 4. The lowest BCUT2D eigenvalue weighted by molar-refractivity contribution is 0.101. The second kappa shape index (κ2) is 6.80. The van der Waals surface area contributed by atoms with E-state index in [0.29, 0.717) is 23.7 Å². The van der Waals surface area contributed by atoms with Gasteiger partial charge in [-0.1, -0.05) is 12.1 Å². The third kappa shape index (κ3) is 3.32. The molecule has 0 bridgehead atoms. The van der Waals surface area contributed by atoms with E-state index in [2.05, 4.69) is 4.98 Å². The van der Waals surface area contributed by atoms with Crippen molar-refractivity contribution in [3.05, 3.63) is 95.3 Å². The Morgan fingerprint density at radius 3 is 2.58 bits per heavy atom. The minimum absolute atomic E-state index is 0.165. The lowest BCUT2D eigenvalue weighted by Crippen LogP contribution is -1.98. The molecule has 0 aliphatic carbocycles. The maximum atomic E-state index is 12.9. The van der Waals surface area contributed by atoms with Crippen LogP contribution in [-0.4, -0.2) is 10.8 Å². The molecule has 5 heteroatoms. The molecule has 1 aliphatic rings. The Balaban J connectivity index is 1.50. The van der Waals surface area contributed by atoms with Crippen molar-refractivity contribution in [2.45, 2.75) is 6.61 Å². The van der Waals surface area contributed by atoms with Gasteiger partial charge in [-0.25, -0.2) is 4.39 Å². The van der Waals surface area contributed by atoms with E-state index in [0.717, 1.165) is 11.1 Å². The van der Waals surface area contributed by atoms with Gasteiger partial charge < -0.3 is 9.47 Å². The van der Waals surface area contributed by atoms with Gasteiger partial charge in [0.1, 0.15) is 23.9 Å². The highest BCUT2D eigenvalue weighted by Gasteiger charge is 2.27. The molecule has 0 spiro atoms. The van der Waals surface area contributed by atoms with Gasteiger partial charge in [0, 0.05) is 18.5 Å². The molecule has 2 heterocycles. The number of pyridine rings is 1. The number of benzene rings is 2. The van der Waals surface area contributed by atoms with E-state index < -0.39 is 0 Å². The van der Waals surface area contributed by atoms with Crippen molar-refractivity contribution in [2.75, 3.05) is 0 Å². The Hall–Kier alpha value is -3.47. The Kier molecular flexibility index (Phi) is 4.19. The maximum absolute atomic E-state index is 12.9. The summed E-state index contributed by atoms with van der Waals surface area (Å²) in [5.74, 6) is 0.855. The number of hydrogen-bond donors (Lipinski definition) is 0. The quantitative estimate of drug-likeness (QED) is 0.656. The maximum Gasteiger partial charge on any atom is 0.231 e. The number of fused-ring (bicyclic) bond motifs is 1. The number of nitrogens with zero attached hydrogens (tertiary/aromatic N) is 1. The molecule has 0 N–H and O–H groups in total. The summed E-state index contributed by atoms with van der Waals surface area (Å²) in [6.45, 7) is 0.298. The zero-order valence-corrected chi connectivity index (χ0v) is 13.7. The van der Waals surface area contributed by atoms with Gasteiger partial charge >= 0.3 is 0 Å². The fourth-order valence-electron chi connectivity index (χ4n) is 2.62. The number of allylic oxidation sites excluding steroid dienone is 1. The molecule has 128 valence electrons. The van der Waals surface area contributed by atoms with Crippen molar-refractivity contribution >= 4 is 11.9 Å². The van der Waals surface area contributed by atoms with Crippen molar-refractivity contribution in [1.29, 1.82) is 0 Å². The van der Waals surface area contributed by atoms with Crippen LogP contribution in [0.15, 0.2) is 72.8 Å². The monoisotopic (exact) mass is 347 g/mol. The van der Waals surface area contributed by atoms with E-state index in [1.54, 1.807) is 60.9 Å². The third-order valence-corrected chi connectivity index (χ3v) is 3.96. The van der Waals surface area contributed by atoms with Crippen molar-refractivity contribution in [2.24, 2.45) is 0 Å². The molecule has 0 fully saturated rings. The van der Waals surface area contributed by atoms with Gasteiger partial charge in [-0.05, 0) is 53.6 Å². The summed E-state index contributed by atoms with van der Waals surface area (Å²) in [6, 6.07) is 14.8. The van der Waals surface area contributed by atoms with E-state index in [-0.39, 0.29) is 17.4 Å². The normalized spacial score (nSPS) is 14.2. The Morgan fingerprint density at radius 2 is 1.81 bits per heavy atom. The van der Waals surface area contributed by atoms with Crippen LogP contribution in [0.25, 0.3) is 6.08 Å². The SMILES string of the molecule is O=C1/C(=C/c2ccncc2)Oc2cc(OCc3ccc(F)cc3)ccc21. The lowest BCUT2D eigenvalue weighted by Gasteiger charge is -2.07. The fraction of sp³-hybridized carbons (Fsp3) is 0.0476. The summed E-state index contributed by atoms with van der Waals surface area (Å²) >= 11 is 0. The van der Waals surface area contributed by atoms with Crippen LogP contribution >= 0.6 is 0 Å². The molecule has 0 unspecified atom stereocenters. The molecule has 0 atom stereocenters. The number of carbonyl (C=O) groups is 1. The van der Waals surface area contributed by atoms with Gasteiger partial charge in [0.05, 0.1) is 5.56 Å². The summed E-state index contributed by atoms with van der Waals surface area (Å²) in [5.41, 5.74) is 2.19. The molecule has 0 amide bonds. The first-order valence-electron chi connectivity index (χ1n) is 8.04. The van der Waals surface area contributed by atoms with Crippen LogP contribution in [-0.2, 0) is 6.61 Å². The highest BCUT2D eigenvalue weighted by molar-refractivity contribution is 6.14. The van der Waals surface area contributed by atoms with Crippen molar-refractivity contribution in [3.8, 4) is 11.5 Å². The first-order valence-corrected chi connectivity index (χ1v) is 8.04. The smallest absolute Gasteiger partial charge is 0.231 e. The first-order chi connectivity index (χ1) is 12.7. The van der Waals surface area contributed by atoms with E-state index in [9.17, 15) is 9.18 Å². The Bertz CT molecular complexity index is 982. The number of Topliss-reactive ketones (excluding diaryl/α,β-unsaturated/α-hetero) is 1. The second-order valence-corrected chi connectivity index (χ2v) is 5.79. The second-order valence-electron chi connectivity index (χ2n) is 5.79. The molecule has 0 saturated heterocycles. The summed E-state index contributed by atoms with van der Waals surface area (Å²) < 4.78 is 24.3. The van der Waals surface area contributed by atoms with E-state index in [1.165, 1.54) is 12.1 Å². The molecule has 4 rings (SSSR count). The fourth-order valence-corrected chi connectivity index (χ4v) is 2.62. The number of ketones is 1. The number of rotatable bonds is 4. The van der Waals surface area contributed by atoms with E-state index in [1.807, 2.05) is 0 Å². The van der Waals surface area contributed by atoms with Gasteiger partial charge in [-0.2, -0.15) is 0 Å². The van der Waals surface area contributed by atoms with Crippen molar-refractivity contribution in [1.82, 2.24) is 4.98 Å². The summed E-state index contributed by atoms with van der Waals surface area (Å²) in [4.78, 5) is 16.4. The molecule has 1 aromatic heterocycles. The zero-order chi connectivity index (χ0) is 17.9. The lowest BCUT2D eigenvalue weighted by atomic mass is 10.1. The minimum atomic E-state index is -0.285. The molecule has 0 saturated carbocycles. The van der Waals surface area contributed by atoms with Gasteiger partial charge in [-0.15, -0.1) is 0 Å². The van der Waals surface area contributed by atoms with Gasteiger partial charge in [0.25, 0.3) is 0 Å². The molecule has 0 radical (unpaired) electrons. The topological polar surface area (TPSA) is 48.4 Å². The summed E-state index contributed by atoms with van der Waals surface area (Å²) in [7, 11) is 0. The molecule has 3 aromatic rings. The van der Waals surface area contributed by atoms with Gasteiger partial charge in [0.2, 0.25) is 5.78 Å². The van der Waals surface area contributed by atoms with Crippen LogP contribution in [0.1, 0.15) is 21.5 Å². The Labute approximate surface area is 149 Å². The summed E-state index contributed by atoms with van der Waals surface area (Å²) in [5, 5.41) is 0. The average molecular weight is 347 g/mol. The molecular formula is C21H14FNO3. The van der Waals surface area contributed by atoms with Crippen molar-refractivity contribution in [3.63, 3.8) is 0 Å². The zero-order valence-electron chi connectivity index (χ0n) is 13.7. The largest absolute Gasteiger partial charge is 0.489 e. The standard InChI is InChI=1S/C21H14FNO3/c22-16-3-1-15(2-4-16)13-25-17-5-6-18-19(12-17)26-20(21(18)24)11-14-7-9-23-10-8-14/h1-12H,13H2/b20-11-. The highest BCUT2D eigenvalue weighted by Crippen LogP contribution is 2.35. The predicted molar refractivity (Wildman–Crippen MR) is 94.3 cm³/mol. The van der Waals surface area contributed by atoms with Crippen LogP contribution in [0, 0.1) is 5.82 Å². The molecule has 4 nitrogen and oxygen atoms in total. The number of ether oxygens (including phenoxy) is 2. The Morgan fingerprint density at radius 1 is 1.04 bits per heavy atom. The molecular weight excluding hydrogens is 333 g/mol. The molecule has 26 heavy (non-hydrogen) atoms. The van der Waals surface area contributed by atoms with Crippen LogP contribution in [0.5, 0.6) is 11.5 Å². The van der Waals surface area contributed by atoms with Gasteiger partial charge in [-0.3, -0.25) is 9.78 Å². The van der Waals surface area contributed by atoms with Crippen LogP contribution in [0.4, 0.5) is 4.39 Å². The average Bonchev–Trinajstić information content (AvgIpc) is 2.97.